The van der Waals surface area contributed by atoms with E-state index >= 15 is 0 Å². The molecule has 0 amide bonds. The van der Waals surface area contributed by atoms with Gasteiger partial charge in [0.25, 0.3) is 0 Å². The molecular weight excluding hydrogens is 273 g/mol. The van der Waals surface area contributed by atoms with E-state index in [2.05, 4.69) is 9.97 Å². The van der Waals surface area contributed by atoms with Crippen molar-refractivity contribution in [2.45, 2.75) is 0 Å². The highest BCUT2D eigenvalue weighted by atomic mass is 19.1. The van der Waals surface area contributed by atoms with Gasteiger partial charge >= 0.3 is 11.7 Å². The molecule has 0 aliphatic rings. The average molecular weight is 279 g/mol. The van der Waals surface area contributed by atoms with E-state index in [4.69, 9.17) is 9.84 Å². The molecule has 0 saturated heterocycles. The molecule has 2 aromatic rings. The number of halogens is 1. The van der Waals surface area contributed by atoms with Gasteiger partial charge in [0, 0.05) is 12.1 Å². The maximum atomic E-state index is 13.4. The zero-order chi connectivity index (χ0) is 14.7. The summed E-state index contributed by atoms with van der Waals surface area (Å²) in [6.45, 7) is 0. The summed E-state index contributed by atoms with van der Waals surface area (Å²) in [5, 5.41) is 19.2. The predicted molar refractivity (Wildman–Crippen MR) is 62.1 cm³/mol. The number of carbonyl (C=O) groups is 1. The molecule has 0 radical (unpaired) electrons. The Kier molecular flexibility index (Phi) is 3.51. The highest BCUT2D eigenvalue weighted by Crippen LogP contribution is 2.25. The number of carboxylic acids is 1. The number of nitrogens with zero attached hydrogens (tertiary/aromatic N) is 3. The van der Waals surface area contributed by atoms with Gasteiger partial charge in [0.2, 0.25) is 11.7 Å². The molecule has 0 spiro atoms. The van der Waals surface area contributed by atoms with E-state index in [0.29, 0.717) is 0 Å². The molecule has 1 heterocycles. The molecule has 1 aromatic carbocycles. The van der Waals surface area contributed by atoms with Crippen LogP contribution in [-0.4, -0.2) is 26.0 Å². The normalized spacial score (nSPS) is 10.1. The third kappa shape index (κ3) is 2.83. The molecule has 0 bridgehead atoms. The lowest BCUT2D eigenvalue weighted by atomic mass is 10.3. The zero-order valence-electron chi connectivity index (χ0n) is 9.69. The summed E-state index contributed by atoms with van der Waals surface area (Å²) >= 11 is 0. The minimum Gasteiger partial charge on any atom is -0.476 e. The quantitative estimate of drug-likeness (QED) is 0.672. The Morgan fingerprint density at radius 1 is 1.40 bits per heavy atom. The molecular formula is C11H6FN3O5. The molecule has 0 fully saturated rings. The van der Waals surface area contributed by atoms with Crippen LogP contribution in [0.3, 0.4) is 0 Å². The van der Waals surface area contributed by atoms with E-state index in [-0.39, 0.29) is 17.3 Å². The summed E-state index contributed by atoms with van der Waals surface area (Å²) in [4.78, 5) is 27.5. The smallest absolute Gasteiger partial charge is 0.356 e. The maximum Gasteiger partial charge on any atom is 0.356 e. The van der Waals surface area contributed by atoms with Gasteiger partial charge in [-0.15, -0.1) is 0 Å². The van der Waals surface area contributed by atoms with Gasteiger partial charge in [0.15, 0.2) is 5.69 Å². The number of ether oxygens (including phenoxy) is 1. The van der Waals surface area contributed by atoms with Crippen molar-refractivity contribution in [1.29, 1.82) is 0 Å². The second kappa shape index (κ2) is 5.26. The van der Waals surface area contributed by atoms with Gasteiger partial charge in [0.1, 0.15) is 5.75 Å². The van der Waals surface area contributed by atoms with E-state index in [1.807, 2.05) is 0 Å². The number of hydrogen-bond acceptors (Lipinski definition) is 6. The van der Waals surface area contributed by atoms with Gasteiger partial charge in [-0.2, -0.15) is 4.39 Å². The number of hydrogen-bond donors (Lipinski definition) is 1. The summed E-state index contributed by atoms with van der Waals surface area (Å²) in [6.07, 6.45) is 2.15. The lowest BCUT2D eigenvalue weighted by Crippen LogP contribution is -2.02. The van der Waals surface area contributed by atoms with Crippen LogP contribution in [0.1, 0.15) is 10.5 Å². The van der Waals surface area contributed by atoms with Gasteiger partial charge in [0.05, 0.1) is 17.3 Å². The maximum absolute atomic E-state index is 13.4. The Bertz CT molecular complexity index is 692. The van der Waals surface area contributed by atoms with Crippen LogP contribution in [0, 0.1) is 15.9 Å². The van der Waals surface area contributed by atoms with E-state index in [1.165, 1.54) is 0 Å². The van der Waals surface area contributed by atoms with Crippen LogP contribution in [0.2, 0.25) is 0 Å². The molecule has 0 aliphatic heterocycles. The third-order valence-corrected chi connectivity index (χ3v) is 2.17. The van der Waals surface area contributed by atoms with E-state index in [1.54, 1.807) is 0 Å². The number of aromatic carboxylic acids is 1. The van der Waals surface area contributed by atoms with Crippen LogP contribution < -0.4 is 4.74 Å². The Labute approximate surface area is 110 Å². The number of nitro benzene ring substituents is 1. The van der Waals surface area contributed by atoms with Crippen LogP contribution in [0.25, 0.3) is 0 Å². The molecule has 9 heteroatoms. The van der Waals surface area contributed by atoms with Crippen molar-refractivity contribution in [3.63, 3.8) is 0 Å². The average Bonchev–Trinajstić information content (AvgIpc) is 2.38. The van der Waals surface area contributed by atoms with E-state index in [0.717, 1.165) is 30.6 Å². The molecule has 0 unspecified atom stereocenters. The fraction of sp³-hybridized carbons (Fsp3) is 0. The van der Waals surface area contributed by atoms with Crippen LogP contribution in [0.5, 0.6) is 11.6 Å². The highest BCUT2D eigenvalue weighted by molar-refractivity contribution is 5.84. The summed E-state index contributed by atoms with van der Waals surface area (Å²) in [5.41, 5.74) is -1.03. The second-order valence-corrected chi connectivity index (χ2v) is 3.52. The first-order valence-corrected chi connectivity index (χ1v) is 5.14. The number of benzene rings is 1. The van der Waals surface area contributed by atoms with Crippen molar-refractivity contribution in [1.82, 2.24) is 9.97 Å². The standard InChI is InChI=1S/C11H6FN3O5/c12-7-3-6(1-2-9(7)15(18)19)20-10-5-13-4-8(14-10)11(16)17/h1-5H,(H,16,17). The Morgan fingerprint density at radius 2 is 2.15 bits per heavy atom. The number of carboxylic acid groups (broad SMARTS) is 1. The summed E-state index contributed by atoms with van der Waals surface area (Å²) < 4.78 is 18.4. The van der Waals surface area contributed by atoms with Crippen molar-refractivity contribution >= 4 is 11.7 Å². The van der Waals surface area contributed by atoms with Crippen molar-refractivity contribution in [3.05, 3.63) is 52.2 Å². The highest BCUT2D eigenvalue weighted by Gasteiger charge is 2.15. The molecule has 8 nitrogen and oxygen atoms in total. The van der Waals surface area contributed by atoms with Gasteiger partial charge < -0.3 is 9.84 Å². The molecule has 20 heavy (non-hydrogen) atoms. The van der Waals surface area contributed by atoms with Crippen molar-refractivity contribution in [2.24, 2.45) is 0 Å². The van der Waals surface area contributed by atoms with Gasteiger partial charge in [-0.3, -0.25) is 15.1 Å². The lowest BCUT2D eigenvalue weighted by molar-refractivity contribution is -0.387. The second-order valence-electron chi connectivity index (χ2n) is 3.52. The van der Waals surface area contributed by atoms with Crippen molar-refractivity contribution < 1.29 is 24.0 Å². The van der Waals surface area contributed by atoms with Crippen molar-refractivity contribution in [2.75, 3.05) is 0 Å². The van der Waals surface area contributed by atoms with Gasteiger partial charge in [-0.05, 0) is 6.07 Å². The van der Waals surface area contributed by atoms with E-state index in [9.17, 15) is 19.3 Å². The monoisotopic (exact) mass is 279 g/mol. The minimum atomic E-state index is -1.29. The van der Waals surface area contributed by atoms with Gasteiger partial charge in [-0.1, -0.05) is 0 Å². The molecule has 0 aliphatic carbocycles. The first-order chi connectivity index (χ1) is 9.47. The SMILES string of the molecule is O=C(O)c1cncc(Oc2ccc([N+](=O)[O-])c(F)c2)n1. The van der Waals surface area contributed by atoms with Crippen LogP contribution >= 0.6 is 0 Å². The molecule has 1 N–H and O–H groups in total. The largest absolute Gasteiger partial charge is 0.476 e. The van der Waals surface area contributed by atoms with Crippen LogP contribution in [-0.2, 0) is 0 Å². The molecule has 1 aromatic heterocycles. The Hall–Kier alpha value is -3.10. The molecule has 0 atom stereocenters. The zero-order valence-corrected chi connectivity index (χ0v) is 9.69. The predicted octanol–water partition coefficient (Wildman–Crippen LogP) is 2.01. The molecule has 102 valence electrons. The van der Waals surface area contributed by atoms with E-state index < -0.39 is 22.4 Å². The number of rotatable bonds is 4. The Balaban J connectivity index is 2.26. The Morgan fingerprint density at radius 3 is 2.75 bits per heavy atom. The topological polar surface area (TPSA) is 115 Å². The van der Waals surface area contributed by atoms with Gasteiger partial charge in [-0.25, -0.2) is 9.78 Å². The van der Waals surface area contributed by atoms with Crippen LogP contribution in [0.4, 0.5) is 10.1 Å². The lowest BCUT2D eigenvalue weighted by Gasteiger charge is -2.04. The van der Waals surface area contributed by atoms with Crippen LogP contribution in [0.15, 0.2) is 30.6 Å². The fourth-order valence-electron chi connectivity index (χ4n) is 1.32. The molecule has 0 saturated carbocycles. The number of nitro groups is 1. The summed E-state index contributed by atoms with van der Waals surface area (Å²) in [5.74, 6) is -2.60. The molecule has 2 rings (SSSR count). The first-order valence-electron chi connectivity index (χ1n) is 5.14. The first kappa shape index (κ1) is 13.3. The number of aromatic nitrogens is 2. The summed E-state index contributed by atoms with van der Waals surface area (Å²) in [6, 6.07) is 2.89. The minimum absolute atomic E-state index is 0.0649. The van der Waals surface area contributed by atoms with Crippen molar-refractivity contribution in [3.8, 4) is 11.6 Å². The third-order valence-electron chi connectivity index (χ3n) is 2.17. The summed E-state index contributed by atoms with van der Waals surface area (Å²) in [7, 11) is 0. The fourth-order valence-corrected chi connectivity index (χ4v) is 1.32.